The minimum atomic E-state index is -1.49. The van der Waals surface area contributed by atoms with Crippen molar-refractivity contribution in [3.05, 3.63) is 23.3 Å². The van der Waals surface area contributed by atoms with Crippen LogP contribution in [-0.2, 0) is 14.3 Å². The fraction of sp³-hybridized carbons (Fsp3) is 0.643. The number of likely N-dealkylation sites (tertiary alicyclic amines) is 1. The predicted octanol–water partition coefficient (Wildman–Crippen LogP) is 4.40. The van der Waals surface area contributed by atoms with Crippen molar-refractivity contribution in [2.45, 2.75) is 71.1 Å². The summed E-state index contributed by atoms with van der Waals surface area (Å²) in [4.78, 5) is 46.2. The Kier molecular flexibility index (Phi) is 8.46. The lowest BCUT2D eigenvalue weighted by molar-refractivity contribution is -0.144. The van der Waals surface area contributed by atoms with Gasteiger partial charge in [0.15, 0.2) is 29.1 Å². The second-order valence-corrected chi connectivity index (χ2v) is 11.3. The zero-order valence-electron chi connectivity index (χ0n) is 23.2. The second-order valence-electron chi connectivity index (χ2n) is 11.3. The highest BCUT2D eigenvalue weighted by Gasteiger charge is 2.44. The topological polar surface area (TPSA) is 97.7 Å². The van der Waals surface area contributed by atoms with Crippen LogP contribution in [0.15, 0.2) is 11.1 Å². The number of nitrogens with zero attached hydrogens (tertiary/aromatic N) is 3. The first-order valence-corrected chi connectivity index (χ1v) is 13.5. The summed E-state index contributed by atoms with van der Waals surface area (Å²) in [5, 5.41) is 0. The number of methoxy groups -OCH3 is 1. The molecule has 0 radical (unpaired) electrons. The molecule has 0 N–H and O–H groups in total. The summed E-state index contributed by atoms with van der Waals surface area (Å²) in [6, 6.07) is 0.585. The number of carbonyl (C=O) groups is 3. The number of hydrogen-bond donors (Lipinski definition) is 0. The van der Waals surface area contributed by atoms with E-state index in [2.05, 4.69) is 4.99 Å². The molecule has 3 unspecified atom stereocenters. The number of ether oxygens (including phenoxy) is 3. The Morgan fingerprint density at radius 3 is 2.51 bits per heavy atom. The van der Waals surface area contributed by atoms with E-state index in [1.165, 1.54) is 13.3 Å². The van der Waals surface area contributed by atoms with Crippen LogP contribution >= 0.6 is 0 Å². The Balaban J connectivity index is 1.63. The first-order chi connectivity index (χ1) is 18.4. The second kappa shape index (κ2) is 11.5. The van der Waals surface area contributed by atoms with Gasteiger partial charge >= 0.3 is 12.1 Å². The van der Waals surface area contributed by atoms with Gasteiger partial charge in [0, 0.05) is 31.9 Å². The third-order valence-electron chi connectivity index (χ3n) is 7.16. The van der Waals surface area contributed by atoms with Crippen LogP contribution in [0.25, 0.3) is 0 Å². The van der Waals surface area contributed by atoms with Crippen molar-refractivity contribution in [1.82, 2.24) is 4.90 Å². The Bertz CT molecular complexity index is 1150. The lowest BCUT2D eigenvalue weighted by Gasteiger charge is -2.37. The van der Waals surface area contributed by atoms with Crippen molar-refractivity contribution < 1.29 is 37.4 Å². The van der Waals surface area contributed by atoms with Gasteiger partial charge in [-0.15, -0.1) is 0 Å². The Hall–Kier alpha value is -3.24. The van der Waals surface area contributed by atoms with E-state index >= 15 is 8.78 Å². The van der Waals surface area contributed by atoms with E-state index in [1.807, 2.05) is 0 Å². The Labute approximate surface area is 227 Å². The summed E-state index contributed by atoms with van der Waals surface area (Å²) < 4.78 is 47.3. The number of benzene rings is 1. The van der Waals surface area contributed by atoms with Crippen molar-refractivity contribution in [1.29, 1.82) is 0 Å². The van der Waals surface area contributed by atoms with E-state index in [0.29, 0.717) is 13.1 Å². The van der Waals surface area contributed by atoms with E-state index < -0.39 is 52.3 Å². The first-order valence-electron chi connectivity index (χ1n) is 13.5. The van der Waals surface area contributed by atoms with Crippen molar-refractivity contribution >= 4 is 29.7 Å². The third-order valence-corrected chi connectivity index (χ3v) is 7.16. The van der Waals surface area contributed by atoms with E-state index in [9.17, 15) is 14.4 Å². The summed E-state index contributed by atoms with van der Waals surface area (Å²) in [5.41, 5.74) is -1.39. The van der Waals surface area contributed by atoms with Crippen molar-refractivity contribution in [2.24, 2.45) is 16.8 Å². The van der Waals surface area contributed by atoms with Crippen LogP contribution in [-0.4, -0.2) is 80.0 Å². The molecule has 1 aromatic carbocycles. The van der Waals surface area contributed by atoms with Gasteiger partial charge in [0.05, 0.1) is 25.3 Å². The van der Waals surface area contributed by atoms with Gasteiger partial charge in [-0.3, -0.25) is 14.6 Å². The maximum absolute atomic E-state index is 15.8. The summed E-state index contributed by atoms with van der Waals surface area (Å²) in [6.45, 7) is 8.15. The van der Waals surface area contributed by atoms with Crippen molar-refractivity contribution in [3.8, 4) is 5.75 Å². The molecule has 2 heterocycles. The van der Waals surface area contributed by atoms with E-state index in [0.717, 1.165) is 31.7 Å². The molecule has 39 heavy (non-hydrogen) atoms. The maximum atomic E-state index is 15.8. The number of ketones is 1. The number of hydrogen-bond acceptors (Lipinski definition) is 8. The average Bonchev–Trinajstić information content (AvgIpc) is 3.59. The molecule has 2 aliphatic heterocycles. The summed E-state index contributed by atoms with van der Waals surface area (Å²) >= 11 is 0. The molecule has 4 rings (SSSR count). The molecule has 0 spiro atoms. The molecule has 1 amide bonds. The van der Waals surface area contributed by atoms with Crippen molar-refractivity contribution in [3.63, 3.8) is 0 Å². The number of rotatable bonds is 8. The summed E-state index contributed by atoms with van der Waals surface area (Å²) in [6.07, 6.45) is 4.02. The van der Waals surface area contributed by atoms with Gasteiger partial charge in [-0.2, -0.15) is 0 Å². The lowest BCUT2D eigenvalue weighted by atomic mass is 9.92. The van der Waals surface area contributed by atoms with Gasteiger partial charge in [0.25, 0.3) is 0 Å². The quantitative estimate of drug-likeness (QED) is 0.205. The highest BCUT2D eigenvalue weighted by atomic mass is 19.1. The lowest BCUT2D eigenvalue weighted by Crippen LogP contribution is -2.50. The summed E-state index contributed by atoms with van der Waals surface area (Å²) in [5.74, 6) is -5.64. The highest BCUT2D eigenvalue weighted by molar-refractivity contribution is 6.18. The van der Waals surface area contributed by atoms with Gasteiger partial charge in [0.2, 0.25) is 0 Å². The number of Topliss-reactive ketones (excluding diaryl/α,β-unsaturated/α-hetero) is 1. The standard InChI is InChI=1S/C28H37F2N3O6/c1-6-38-26(35)19(13-31-17-9-10-17)24(34)18-12-20(29)23(25(37-5)22(18)30)32-14-16-8-7-11-33(21(16)15-32)27(36)39-28(2,3)4/h12-13,16-17,19,21H,6-11,14-15H2,1-5H3. The fourth-order valence-electron chi connectivity index (χ4n) is 5.23. The average molecular weight is 550 g/mol. The maximum Gasteiger partial charge on any atom is 0.410 e. The van der Waals surface area contributed by atoms with Crippen LogP contribution in [0.2, 0.25) is 0 Å². The minimum absolute atomic E-state index is 0.0205. The number of aliphatic imine (C=N–C) groups is 1. The molecule has 3 aliphatic rings. The SMILES string of the molecule is CCOC(=O)C(C=NC1CC1)C(=O)c1cc(F)c(N2CC3CCCN(C(=O)OC(C)(C)C)C3C2)c(OC)c1F. The molecule has 1 aliphatic carbocycles. The van der Waals surface area contributed by atoms with Crippen LogP contribution in [0.4, 0.5) is 19.3 Å². The zero-order valence-corrected chi connectivity index (χ0v) is 23.2. The van der Waals surface area contributed by atoms with Crippen molar-refractivity contribution in [2.75, 3.05) is 38.3 Å². The number of piperidine rings is 1. The van der Waals surface area contributed by atoms with Gasteiger partial charge < -0.3 is 24.0 Å². The molecule has 11 heteroatoms. The zero-order chi connectivity index (χ0) is 28.5. The monoisotopic (exact) mass is 549 g/mol. The minimum Gasteiger partial charge on any atom is -0.491 e. The van der Waals surface area contributed by atoms with Crippen LogP contribution in [0.3, 0.4) is 0 Å². The molecule has 1 saturated carbocycles. The number of amides is 1. The van der Waals surface area contributed by atoms with Gasteiger partial charge in [0.1, 0.15) is 11.3 Å². The predicted molar refractivity (Wildman–Crippen MR) is 141 cm³/mol. The van der Waals surface area contributed by atoms with Crippen LogP contribution in [0, 0.1) is 23.5 Å². The van der Waals surface area contributed by atoms with Crippen LogP contribution in [0.1, 0.15) is 63.7 Å². The number of carbonyl (C=O) groups excluding carboxylic acids is 3. The third kappa shape index (κ3) is 6.33. The van der Waals surface area contributed by atoms with Crippen LogP contribution in [0.5, 0.6) is 5.75 Å². The molecule has 0 aromatic heterocycles. The molecule has 3 fully saturated rings. The molecule has 214 valence electrons. The van der Waals surface area contributed by atoms with Gasteiger partial charge in [-0.25, -0.2) is 13.6 Å². The normalized spacial score (nSPS) is 22.0. The van der Waals surface area contributed by atoms with Crippen LogP contribution < -0.4 is 9.64 Å². The van der Waals surface area contributed by atoms with E-state index in [1.54, 1.807) is 37.5 Å². The van der Waals surface area contributed by atoms with E-state index in [-0.39, 0.29) is 36.8 Å². The number of esters is 1. The highest BCUT2D eigenvalue weighted by Crippen LogP contribution is 2.42. The molecule has 0 bridgehead atoms. The smallest absolute Gasteiger partial charge is 0.410 e. The van der Waals surface area contributed by atoms with Gasteiger partial charge in [-0.05, 0) is 65.4 Å². The number of fused-ring (bicyclic) bond motifs is 1. The summed E-state index contributed by atoms with van der Waals surface area (Å²) in [7, 11) is 1.20. The largest absolute Gasteiger partial charge is 0.491 e. The van der Waals surface area contributed by atoms with E-state index in [4.69, 9.17) is 14.2 Å². The Morgan fingerprint density at radius 2 is 1.90 bits per heavy atom. The molecule has 9 nitrogen and oxygen atoms in total. The first kappa shape index (κ1) is 28.8. The molecular formula is C28H37F2N3O6. The number of anilines is 1. The molecule has 1 aromatic rings. The molecular weight excluding hydrogens is 512 g/mol. The number of halogens is 2. The molecule has 2 saturated heterocycles. The fourth-order valence-corrected chi connectivity index (χ4v) is 5.23. The Morgan fingerprint density at radius 1 is 1.18 bits per heavy atom. The van der Waals surface area contributed by atoms with Gasteiger partial charge in [-0.1, -0.05) is 0 Å². The molecule has 3 atom stereocenters.